The number of ether oxygens (including phenoxy) is 2. The van der Waals surface area contributed by atoms with Crippen LogP contribution in [0.1, 0.15) is 11.1 Å². The molecule has 1 saturated heterocycles. The molecule has 10 heteroatoms. The number of carboxylic acid groups (broad SMARTS) is 1. The summed E-state index contributed by atoms with van der Waals surface area (Å²) in [5.41, 5.74) is 1.25. The Kier molecular flexibility index (Phi) is 7.06. The number of carbonyl (C=O) groups is 3. The van der Waals surface area contributed by atoms with Gasteiger partial charge in [-0.2, -0.15) is 0 Å². The Balaban J connectivity index is 1.85. The van der Waals surface area contributed by atoms with E-state index in [1.165, 1.54) is 7.11 Å². The third-order valence-electron chi connectivity index (χ3n) is 4.05. The second kappa shape index (κ2) is 9.55. The van der Waals surface area contributed by atoms with Crippen molar-refractivity contribution in [2.45, 2.75) is 6.54 Å². The zero-order valence-corrected chi connectivity index (χ0v) is 18.7. The molecule has 156 valence electrons. The van der Waals surface area contributed by atoms with Crippen molar-refractivity contribution < 1.29 is 29.0 Å². The molecule has 1 aliphatic rings. The van der Waals surface area contributed by atoms with Crippen LogP contribution in [0.15, 0.2) is 45.8 Å². The molecule has 2 aromatic carbocycles. The van der Waals surface area contributed by atoms with Crippen molar-refractivity contribution in [2.24, 2.45) is 0 Å². The van der Waals surface area contributed by atoms with E-state index in [0.29, 0.717) is 20.6 Å². The summed E-state index contributed by atoms with van der Waals surface area (Å²) in [6.45, 7) is -0.452. The van der Waals surface area contributed by atoms with Gasteiger partial charge >= 0.3 is 5.97 Å². The van der Waals surface area contributed by atoms with Crippen LogP contribution in [0.4, 0.5) is 4.79 Å². The quantitative estimate of drug-likeness (QED) is 0.532. The Morgan fingerprint density at radius 2 is 2.03 bits per heavy atom. The molecule has 2 aromatic rings. The minimum Gasteiger partial charge on any atom is -0.493 e. The first-order valence-corrected chi connectivity index (χ1v) is 10.5. The Morgan fingerprint density at radius 1 is 1.30 bits per heavy atom. The van der Waals surface area contributed by atoms with Crippen LogP contribution in [-0.4, -0.2) is 40.8 Å². The molecule has 1 heterocycles. The van der Waals surface area contributed by atoms with E-state index in [1.54, 1.807) is 42.5 Å². The number of halogens is 2. The van der Waals surface area contributed by atoms with Crippen LogP contribution < -0.4 is 9.47 Å². The average molecular weight is 513 g/mol. The smallest absolute Gasteiger partial charge is 0.341 e. The maximum atomic E-state index is 12.8. The number of carbonyl (C=O) groups excluding carboxylic acids is 2. The van der Waals surface area contributed by atoms with Gasteiger partial charge in [-0.25, -0.2) is 4.79 Å². The minimum atomic E-state index is -1.12. The van der Waals surface area contributed by atoms with Crippen molar-refractivity contribution >= 4 is 62.5 Å². The second-order valence-corrected chi connectivity index (χ2v) is 8.33. The standard InChI is InChI=1S/C20H15BrClNO6S/c1-28-15-7-11(6-13(21)18(15)29-10-17(24)25)8-16-19(26)23(20(27)30-16)9-12-4-2-3-5-14(12)22/h2-8H,9-10H2,1H3,(H,24,25)/b16-8-. The van der Waals surface area contributed by atoms with E-state index in [0.717, 1.165) is 16.7 Å². The fourth-order valence-corrected chi connectivity index (χ4v) is 4.29. The van der Waals surface area contributed by atoms with E-state index in [-0.39, 0.29) is 22.9 Å². The van der Waals surface area contributed by atoms with Crippen LogP contribution >= 0.6 is 39.3 Å². The molecule has 0 bridgehead atoms. The van der Waals surface area contributed by atoms with E-state index in [9.17, 15) is 14.4 Å². The highest BCUT2D eigenvalue weighted by atomic mass is 79.9. The molecule has 0 radical (unpaired) electrons. The first kappa shape index (κ1) is 22.2. The van der Waals surface area contributed by atoms with Gasteiger partial charge in [-0.1, -0.05) is 29.8 Å². The van der Waals surface area contributed by atoms with Crippen molar-refractivity contribution in [3.8, 4) is 11.5 Å². The second-order valence-electron chi connectivity index (χ2n) is 6.08. The lowest BCUT2D eigenvalue weighted by Crippen LogP contribution is -2.27. The number of nitrogens with zero attached hydrogens (tertiary/aromatic N) is 1. The van der Waals surface area contributed by atoms with Crippen molar-refractivity contribution in [1.82, 2.24) is 4.90 Å². The van der Waals surface area contributed by atoms with Gasteiger partial charge in [-0.15, -0.1) is 0 Å². The van der Waals surface area contributed by atoms with Crippen LogP contribution in [0.5, 0.6) is 11.5 Å². The summed E-state index contributed by atoms with van der Waals surface area (Å²) in [4.78, 5) is 37.3. The van der Waals surface area contributed by atoms with Gasteiger partial charge in [0.1, 0.15) is 0 Å². The number of carboxylic acids is 1. The predicted molar refractivity (Wildman–Crippen MR) is 117 cm³/mol. The summed E-state index contributed by atoms with van der Waals surface area (Å²) in [5.74, 6) is -1.04. The lowest BCUT2D eigenvalue weighted by molar-refractivity contribution is -0.139. The Bertz CT molecular complexity index is 1060. The van der Waals surface area contributed by atoms with Crippen molar-refractivity contribution in [3.63, 3.8) is 0 Å². The van der Waals surface area contributed by atoms with E-state index in [4.69, 9.17) is 26.2 Å². The highest BCUT2D eigenvalue weighted by Crippen LogP contribution is 2.39. The molecule has 30 heavy (non-hydrogen) atoms. The number of imide groups is 1. The third kappa shape index (κ3) is 4.97. The molecular weight excluding hydrogens is 498 g/mol. The minimum absolute atomic E-state index is 0.0800. The normalized spacial score (nSPS) is 15.0. The number of rotatable bonds is 7. The molecule has 3 rings (SSSR count). The van der Waals surface area contributed by atoms with E-state index >= 15 is 0 Å². The molecule has 1 N–H and O–H groups in total. The number of hydrogen-bond acceptors (Lipinski definition) is 6. The average Bonchev–Trinajstić information content (AvgIpc) is 2.95. The van der Waals surface area contributed by atoms with Crippen LogP contribution in [0.3, 0.4) is 0 Å². The summed E-state index contributed by atoms with van der Waals surface area (Å²) in [6, 6.07) is 10.2. The highest BCUT2D eigenvalue weighted by Gasteiger charge is 2.35. The van der Waals surface area contributed by atoms with E-state index < -0.39 is 23.7 Å². The largest absolute Gasteiger partial charge is 0.493 e. The van der Waals surface area contributed by atoms with Gasteiger partial charge in [0.15, 0.2) is 18.1 Å². The van der Waals surface area contributed by atoms with Gasteiger partial charge in [-0.3, -0.25) is 14.5 Å². The SMILES string of the molecule is COc1cc(/C=C2\SC(=O)N(Cc3ccccc3Cl)C2=O)cc(Br)c1OCC(=O)O. The summed E-state index contributed by atoms with van der Waals surface area (Å²) < 4.78 is 11.0. The highest BCUT2D eigenvalue weighted by molar-refractivity contribution is 9.10. The molecule has 0 atom stereocenters. The number of thioether (sulfide) groups is 1. The molecule has 0 spiro atoms. The van der Waals surface area contributed by atoms with Crippen molar-refractivity contribution in [1.29, 1.82) is 0 Å². The van der Waals surface area contributed by atoms with Crippen LogP contribution in [0.2, 0.25) is 5.02 Å². The number of benzene rings is 2. The summed E-state index contributed by atoms with van der Waals surface area (Å²) in [6.07, 6.45) is 1.56. The van der Waals surface area contributed by atoms with Crippen LogP contribution in [0.25, 0.3) is 6.08 Å². The first-order valence-electron chi connectivity index (χ1n) is 8.51. The summed E-state index contributed by atoms with van der Waals surface area (Å²) in [7, 11) is 1.41. The van der Waals surface area contributed by atoms with Gasteiger partial charge < -0.3 is 14.6 Å². The number of hydrogen-bond donors (Lipinski definition) is 1. The third-order valence-corrected chi connectivity index (χ3v) is 5.91. The van der Waals surface area contributed by atoms with Gasteiger partial charge in [0.25, 0.3) is 11.1 Å². The zero-order chi connectivity index (χ0) is 21.8. The Morgan fingerprint density at radius 3 is 2.70 bits per heavy atom. The fraction of sp³-hybridized carbons (Fsp3) is 0.150. The number of methoxy groups -OCH3 is 1. The Labute approximate surface area is 189 Å². The molecule has 1 fully saturated rings. The van der Waals surface area contributed by atoms with Crippen molar-refractivity contribution in [2.75, 3.05) is 13.7 Å². The van der Waals surface area contributed by atoms with Gasteiger partial charge in [0.2, 0.25) is 0 Å². The number of amides is 2. The fourth-order valence-electron chi connectivity index (χ4n) is 2.68. The lowest BCUT2D eigenvalue weighted by atomic mass is 10.1. The number of aliphatic carboxylic acids is 1. The first-order chi connectivity index (χ1) is 14.3. The van der Waals surface area contributed by atoms with E-state index in [1.807, 2.05) is 0 Å². The zero-order valence-electron chi connectivity index (χ0n) is 15.6. The van der Waals surface area contributed by atoms with Crippen molar-refractivity contribution in [3.05, 3.63) is 61.9 Å². The molecule has 0 aromatic heterocycles. The maximum absolute atomic E-state index is 12.8. The van der Waals surface area contributed by atoms with Crippen LogP contribution in [-0.2, 0) is 16.1 Å². The molecule has 2 amide bonds. The molecule has 1 aliphatic heterocycles. The monoisotopic (exact) mass is 511 g/mol. The summed E-state index contributed by atoms with van der Waals surface area (Å²) in [5, 5.41) is 8.89. The topological polar surface area (TPSA) is 93.1 Å². The molecule has 0 unspecified atom stereocenters. The van der Waals surface area contributed by atoms with E-state index in [2.05, 4.69) is 15.9 Å². The molecule has 0 aliphatic carbocycles. The molecule has 7 nitrogen and oxygen atoms in total. The maximum Gasteiger partial charge on any atom is 0.341 e. The molecular formula is C20H15BrClNO6S. The van der Waals surface area contributed by atoms with Crippen LogP contribution in [0, 0.1) is 0 Å². The summed E-state index contributed by atoms with van der Waals surface area (Å²) >= 11 is 10.3. The predicted octanol–water partition coefficient (Wildman–Crippen LogP) is 4.81. The van der Waals surface area contributed by atoms with Gasteiger partial charge in [0, 0.05) is 5.02 Å². The van der Waals surface area contributed by atoms with Gasteiger partial charge in [0.05, 0.1) is 23.0 Å². The van der Waals surface area contributed by atoms with Gasteiger partial charge in [-0.05, 0) is 63.1 Å². The Hall–Kier alpha value is -2.49. The lowest BCUT2D eigenvalue weighted by Gasteiger charge is -2.13. The molecule has 0 saturated carbocycles.